The second-order valence-corrected chi connectivity index (χ2v) is 6.40. The van der Waals surface area contributed by atoms with Crippen molar-refractivity contribution in [2.75, 3.05) is 11.6 Å². The number of nitrogens with two attached hydrogens (primary N) is 1. The second-order valence-electron chi connectivity index (χ2n) is 5.11. The zero-order valence-electron chi connectivity index (χ0n) is 11.1. The van der Waals surface area contributed by atoms with Crippen LogP contribution in [0.5, 0.6) is 0 Å². The van der Waals surface area contributed by atoms with E-state index in [4.69, 9.17) is 18.0 Å². The summed E-state index contributed by atoms with van der Waals surface area (Å²) in [4.78, 5) is 13.8. The third-order valence-corrected chi connectivity index (χ3v) is 4.84. The van der Waals surface area contributed by atoms with Gasteiger partial charge in [0.15, 0.2) is 0 Å². The molecule has 0 radical (unpaired) electrons. The first-order valence-electron chi connectivity index (χ1n) is 6.24. The summed E-state index contributed by atoms with van der Waals surface area (Å²) in [6.07, 6.45) is 3.48. The Bertz CT molecular complexity index is 510. The predicted molar refractivity (Wildman–Crippen MR) is 84.5 cm³/mol. The Morgan fingerprint density at radius 3 is 2.63 bits per heavy atom. The van der Waals surface area contributed by atoms with E-state index in [0.717, 1.165) is 23.4 Å². The van der Waals surface area contributed by atoms with E-state index in [1.165, 1.54) is 0 Å². The Kier molecular flexibility index (Phi) is 4.16. The van der Waals surface area contributed by atoms with Gasteiger partial charge in [-0.25, -0.2) is 0 Å². The number of para-hydroxylation sites is 1. The molecule has 0 heterocycles. The van der Waals surface area contributed by atoms with Crippen LogP contribution in [0, 0.1) is 11.3 Å². The van der Waals surface area contributed by atoms with Gasteiger partial charge in [-0.15, -0.1) is 11.8 Å². The molecule has 1 amide bonds. The fourth-order valence-corrected chi connectivity index (χ4v) is 3.43. The molecule has 1 aliphatic rings. The number of thiocarbonyl (C=S) groups is 1. The second kappa shape index (κ2) is 5.51. The van der Waals surface area contributed by atoms with E-state index in [1.54, 1.807) is 11.8 Å². The van der Waals surface area contributed by atoms with Gasteiger partial charge in [-0.1, -0.05) is 31.3 Å². The lowest BCUT2D eigenvalue weighted by molar-refractivity contribution is -0.127. The molecule has 3 nitrogen and oxygen atoms in total. The highest BCUT2D eigenvalue weighted by molar-refractivity contribution is 7.98. The maximum absolute atomic E-state index is 12.5. The van der Waals surface area contributed by atoms with Crippen LogP contribution in [-0.4, -0.2) is 17.2 Å². The van der Waals surface area contributed by atoms with Crippen LogP contribution in [0.2, 0.25) is 0 Å². The van der Waals surface area contributed by atoms with Crippen LogP contribution in [-0.2, 0) is 4.79 Å². The van der Waals surface area contributed by atoms with Crippen molar-refractivity contribution in [3.05, 3.63) is 24.3 Å². The molecule has 1 saturated carbocycles. The average molecular weight is 294 g/mol. The number of anilines is 1. The topological polar surface area (TPSA) is 55.1 Å². The highest BCUT2D eigenvalue weighted by atomic mass is 32.2. The molecule has 102 valence electrons. The van der Waals surface area contributed by atoms with E-state index in [1.807, 2.05) is 30.5 Å². The monoisotopic (exact) mass is 294 g/mol. The molecular weight excluding hydrogens is 276 g/mol. The Morgan fingerprint density at radius 1 is 1.47 bits per heavy atom. The molecule has 5 heteroatoms. The minimum absolute atomic E-state index is 0.0698. The van der Waals surface area contributed by atoms with Crippen molar-refractivity contribution in [1.29, 1.82) is 0 Å². The average Bonchev–Trinajstić information content (AvgIpc) is 2.34. The van der Waals surface area contributed by atoms with Crippen LogP contribution in [0.25, 0.3) is 0 Å². The van der Waals surface area contributed by atoms with E-state index < -0.39 is 5.41 Å². The van der Waals surface area contributed by atoms with E-state index in [9.17, 15) is 4.79 Å². The molecule has 0 aliphatic heterocycles. The van der Waals surface area contributed by atoms with Gasteiger partial charge < -0.3 is 11.1 Å². The summed E-state index contributed by atoms with van der Waals surface area (Å²) < 4.78 is 0. The van der Waals surface area contributed by atoms with Gasteiger partial charge in [0.05, 0.1) is 16.1 Å². The summed E-state index contributed by atoms with van der Waals surface area (Å²) in [7, 11) is 0. The Hall–Kier alpha value is -1.07. The van der Waals surface area contributed by atoms with Gasteiger partial charge in [-0.2, -0.15) is 0 Å². The normalized spacial score (nSPS) is 25.5. The molecule has 3 N–H and O–H groups in total. The predicted octanol–water partition coefficient (Wildman–Crippen LogP) is 3.05. The number of benzene rings is 1. The van der Waals surface area contributed by atoms with Crippen LogP contribution in [0.1, 0.15) is 19.8 Å². The van der Waals surface area contributed by atoms with E-state index in [2.05, 4.69) is 12.2 Å². The van der Waals surface area contributed by atoms with Crippen molar-refractivity contribution in [2.45, 2.75) is 24.7 Å². The van der Waals surface area contributed by atoms with Crippen molar-refractivity contribution in [3.63, 3.8) is 0 Å². The number of thioether (sulfide) groups is 1. The van der Waals surface area contributed by atoms with Crippen LogP contribution < -0.4 is 11.1 Å². The fraction of sp³-hybridized carbons (Fsp3) is 0.429. The highest BCUT2D eigenvalue weighted by Crippen LogP contribution is 2.46. The lowest BCUT2D eigenvalue weighted by Crippen LogP contribution is -2.53. The van der Waals surface area contributed by atoms with Crippen molar-refractivity contribution in [2.24, 2.45) is 17.1 Å². The van der Waals surface area contributed by atoms with Crippen molar-refractivity contribution < 1.29 is 4.79 Å². The summed E-state index contributed by atoms with van der Waals surface area (Å²) in [6.45, 7) is 2.11. The molecule has 0 atom stereocenters. The van der Waals surface area contributed by atoms with Gasteiger partial charge in [0, 0.05) is 4.90 Å². The SMILES string of the molecule is CSc1ccccc1NC(=O)C1(C(N)=S)CC(C)C1. The first kappa shape index (κ1) is 14.3. The van der Waals surface area contributed by atoms with Gasteiger partial charge >= 0.3 is 0 Å². The van der Waals surface area contributed by atoms with E-state index in [-0.39, 0.29) is 5.91 Å². The first-order chi connectivity index (χ1) is 8.99. The minimum Gasteiger partial charge on any atom is -0.392 e. The first-order valence-corrected chi connectivity index (χ1v) is 7.87. The zero-order valence-corrected chi connectivity index (χ0v) is 12.7. The number of nitrogens with one attached hydrogen (secondary N) is 1. The number of amides is 1. The Labute approximate surface area is 123 Å². The molecule has 19 heavy (non-hydrogen) atoms. The summed E-state index contributed by atoms with van der Waals surface area (Å²) in [6, 6.07) is 7.75. The molecule has 1 aromatic carbocycles. The van der Waals surface area contributed by atoms with Crippen LogP contribution in [0.3, 0.4) is 0 Å². The quantitative estimate of drug-likeness (QED) is 0.662. The molecule has 0 unspecified atom stereocenters. The molecule has 1 aliphatic carbocycles. The highest BCUT2D eigenvalue weighted by Gasteiger charge is 2.50. The zero-order chi connectivity index (χ0) is 14.0. The largest absolute Gasteiger partial charge is 0.392 e. The third-order valence-electron chi connectivity index (χ3n) is 3.66. The summed E-state index contributed by atoms with van der Waals surface area (Å²) in [5.74, 6) is 0.433. The Balaban J connectivity index is 2.19. The summed E-state index contributed by atoms with van der Waals surface area (Å²) >= 11 is 6.70. The number of carbonyl (C=O) groups excluding carboxylic acids is 1. The lowest BCUT2D eigenvalue weighted by atomic mass is 9.62. The van der Waals surface area contributed by atoms with E-state index in [0.29, 0.717) is 10.9 Å². The maximum Gasteiger partial charge on any atom is 0.237 e. The molecule has 0 bridgehead atoms. The van der Waals surface area contributed by atoms with Gasteiger partial charge in [0.1, 0.15) is 0 Å². The van der Waals surface area contributed by atoms with Gasteiger partial charge in [0.25, 0.3) is 0 Å². The van der Waals surface area contributed by atoms with Gasteiger partial charge in [-0.05, 0) is 37.1 Å². The molecule has 0 spiro atoms. The number of hydrogen-bond donors (Lipinski definition) is 2. The van der Waals surface area contributed by atoms with Crippen LogP contribution in [0.4, 0.5) is 5.69 Å². The fourth-order valence-electron chi connectivity index (χ4n) is 2.62. The molecule has 2 rings (SSSR count). The van der Waals surface area contributed by atoms with Crippen molar-refractivity contribution >= 4 is 40.6 Å². The molecule has 0 aromatic heterocycles. The minimum atomic E-state index is -0.653. The van der Waals surface area contributed by atoms with Crippen molar-refractivity contribution in [1.82, 2.24) is 0 Å². The Morgan fingerprint density at radius 2 is 2.11 bits per heavy atom. The molecular formula is C14H18N2OS2. The standard InChI is InChI=1S/C14H18N2OS2/c1-9-7-14(8-9,12(15)18)13(17)16-10-5-3-4-6-11(10)19-2/h3-6,9H,7-8H2,1-2H3,(H2,15,18)(H,16,17). The molecule has 1 fully saturated rings. The maximum atomic E-state index is 12.5. The summed E-state index contributed by atoms with van der Waals surface area (Å²) in [5.41, 5.74) is 5.96. The molecule has 0 saturated heterocycles. The van der Waals surface area contributed by atoms with E-state index >= 15 is 0 Å². The van der Waals surface area contributed by atoms with Crippen molar-refractivity contribution in [3.8, 4) is 0 Å². The van der Waals surface area contributed by atoms with Crippen LogP contribution in [0.15, 0.2) is 29.2 Å². The molecule has 1 aromatic rings. The number of carbonyl (C=O) groups is 1. The third kappa shape index (κ3) is 2.62. The summed E-state index contributed by atoms with van der Waals surface area (Å²) in [5, 5.41) is 2.98. The van der Waals surface area contributed by atoms with Gasteiger partial charge in [-0.3, -0.25) is 4.79 Å². The van der Waals surface area contributed by atoms with Crippen LogP contribution >= 0.6 is 24.0 Å². The number of rotatable bonds is 4. The lowest BCUT2D eigenvalue weighted by Gasteiger charge is -2.44. The smallest absolute Gasteiger partial charge is 0.237 e. The van der Waals surface area contributed by atoms with Gasteiger partial charge in [0.2, 0.25) is 5.91 Å². The number of hydrogen-bond acceptors (Lipinski definition) is 3.